The van der Waals surface area contributed by atoms with Gasteiger partial charge in [0.15, 0.2) is 0 Å². The second kappa shape index (κ2) is 5.88. The van der Waals surface area contributed by atoms with Gasteiger partial charge in [0.2, 0.25) is 0 Å². The SMILES string of the molecule is CCCCn1cc(-c2ccc3ccccc3n2)c2ccccc21. The van der Waals surface area contributed by atoms with E-state index in [9.17, 15) is 0 Å². The van der Waals surface area contributed by atoms with Gasteiger partial charge in [-0.15, -0.1) is 0 Å². The van der Waals surface area contributed by atoms with E-state index in [0.717, 1.165) is 17.8 Å². The Hall–Kier alpha value is -2.61. The summed E-state index contributed by atoms with van der Waals surface area (Å²) in [6.45, 7) is 3.29. The molecule has 0 aliphatic rings. The number of aromatic nitrogens is 2. The molecular formula is C21H20N2. The number of pyridine rings is 1. The van der Waals surface area contributed by atoms with Gasteiger partial charge < -0.3 is 4.57 Å². The molecule has 2 heteroatoms. The third-order valence-electron chi connectivity index (χ3n) is 4.42. The number of benzene rings is 2. The normalized spacial score (nSPS) is 11.3. The van der Waals surface area contributed by atoms with Crippen LogP contribution in [0.15, 0.2) is 66.9 Å². The van der Waals surface area contributed by atoms with Crippen LogP contribution in [0.1, 0.15) is 19.8 Å². The zero-order chi connectivity index (χ0) is 15.6. The minimum Gasteiger partial charge on any atom is -0.347 e. The predicted octanol–water partition coefficient (Wildman–Crippen LogP) is 5.66. The van der Waals surface area contributed by atoms with Crippen LogP contribution in [0.5, 0.6) is 0 Å². The van der Waals surface area contributed by atoms with E-state index in [1.165, 1.54) is 34.7 Å². The van der Waals surface area contributed by atoms with E-state index in [2.05, 4.69) is 72.3 Å². The lowest BCUT2D eigenvalue weighted by Gasteiger charge is -2.02. The van der Waals surface area contributed by atoms with E-state index in [4.69, 9.17) is 4.98 Å². The maximum Gasteiger partial charge on any atom is 0.0731 e. The molecule has 0 N–H and O–H groups in total. The molecule has 0 radical (unpaired) electrons. The van der Waals surface area contributed by atoms with Crippen LogP contribution in [0.25, 0.3) is 33.1 Å². The Labute approximate surface area is 136 Å². The van der Waals surface area contributed by atoms with E-state index in [1.807, 2.05) is 6.07 Å². The smallest absolute Gasteiger partial charge is 0.0731 e. The second-order valence-electron chi connectivity index (χ2n) is 6.00. The third-order valence-corrected chi connectivity index (χ3v) is 4.42. The highest BCUT2D eigenvalue weighted by molar-refractivity contribution is 5.96. The van der Waals surface area contributed by atoms with Crippen LogP contribution in [0.3, 0.4) is 0 Å². The van der Waals surface area contributed by atoms with Crippen molar-refractivity contribution in [1.82, 2.24) is 9.55 Å². The summed E-state index contributed by atoms with van der Waals surface area (Å²) in [5.41, 5.74) is 4.62. The average molecular weight is 300 g/mol. The molecule has 0 aliphatic carbocycles. The first kappa shape index (κ1) is 14.0. The summed E-state index contributed by atoms with van der Waals surface area (Å²) in [5.74, 6) is 0. The van der Waals surface area contributed by atoms with Gasteiger partial charge >= 0.3 is 0 Å². The summed E-state index contributed by atoms with van der Waals surface area (Å²) in [5, 5.41) is 2.47. The van der Waals surface area contributed by atoms with Gasteiger partial charge in [-0.2, -0.15) is 0 Å². The van der Waals surface area contributed by atoms with Gasteiger partial charge in [-0.1, -0.05) is 55.8 Å². The molecule has 2 nitrogen and oxygen atoms in total. The number of rotatable bonds is 4. The van der Waals surface area contributed by atoms with Gasteiger partial charge in [-0.3, -0.25) is 0 Å². The molecule has 114 valence electrons. The Bertz CT molecular complexity index is 966. The molecule has 0 atom stereocenters. The van der Waals surface area contributed by atoms with Crippen LogP contribution in [0, 0.1) is 0 Å². The molecule has 0 amide bonds. The molecule has 0 saturated heterocycles. The molecule has 2 heterocycles. The van der Waals surface area contributed by atoms with Crippen molar-refractivity contribution in [2.45, 2.75) is 26.3 Å². The Balaban J connectivity index is 1.89. The third kappa shape index (κ3) is 2.50. The number of hydrogen-bond acceptors (Lipinski definition) is 1. The van der Waals surface area contributed by atoms with Crippen molar-refractivity contribution in [2.24, 2.45) is 0 Å². The topological polar surface area (TPSA) is 17.8 Å². The van der Waals surface area contributed by atoms with Crippen LogP contribution in [-0.2, 0) is 6.54 Å². The highest BCUT2D eigenvalue weighted by Gasteiger charge is 2.11. The first-order valence-electron chi connectivity index (χ1n) is 8.31. The number of fused-ring (bicyclic) bond motifs is 2. The summed E-state index contributed by atoms with van der Waals surface area (Å²) < 4.78 is 2.37. The van der Waals surface area contributed by atoms with Gasteiger partial charge in [-0.25, -0.2) is 4.98 Å². The highest BCUT2D eigenvalue weighted by atomic mass is 15.0. The molecule has 4 aromatic rings. The number of aryl methyl sites for hydroxylation is 1. The van der Waals surface area contributed by atoms with Crippen LogP contribution < -0.4 is 0 Å². The lowest BCUT2D eigenvalue weighted by molar-refractivity contribution is 0.650. The van der Waals surface area contributed by atoms with Crippen LogP contribution in [0.4, 0.5) is 0 Å². The Kier molecular flexibility index (Phi) is 3.58. The second-order valence-corrected chi connectivity index (χ2v) is 6.00. The van der Waals surface area contributed by atoms with Crippen LogP contribution in [0.2, 0.25) is 0 Å². The number of hydrogen-bond donors (Lipinski definition) is 0. The van der Waals surface area contributed by atoms with Gasteiger partial charge in [0.25, 0.3) is 0 Å². The molecule has 0 spiro atoms. The largest absolute Gasteiger partial charge is 0.347 e. The summed E-state index contributed by atoms with van der Waals surface area (Å²) >= 11 is 0. The van der Waals surface area contributed by atoms with Crippen molar-refractivity contribution in [2.75, 3.05) is 0 Å². The van der Waals surface area contributed by atoms with Gasteiger partial charge in [0.05, 0.1) is 11.2 Å². The highest BCUT2D eigenvalue weighted by Crippen LogP contribution is 2.30. The lowest BCUT2D eigenvalue weighted by atomic mass is 10.1. The molecular weight excluding hydrogens is 280 g/mol. The maximum atomic E-state index is 4.88. The Morgan fingerprint density at radius 1 is 0.913 bits per heavy atom. The van der Waals surface area contributed by atoms with Crippen molar-refractivity contribution in [3.63, 3.8) is 0 Å². The van der Waals surface area contributed by atoms with Crippen molar-refractivity contribution in [3.05, 3.63) is 66.9 Å². The quantitative estimate of drug-likeness (QED) is 0.475. The maximum absolute atomic E-state index is 4.88. The Morgan fingerprint density at radius 2 is 1.74 bits per heavy atom. The molecule has 23 heavy (non-hydrogen) atoms. The zero-order valence-corrected chi connectivity index (χ0v) is 13.4. The summed E-state index contributed by atoms with van der Waals surface area (Å²) in [4.78, 5) is 4.88. The number of nitrogens with zero attached hydrogens (tertiary/aromatic N) is 2. The van der Waals surface area contributed by atoms with Gasteiger partial charge in [-0.05, 0) is 24.6 Å². The summed E-state index contributed by atoms with van der Waals surface area (Å²) in [6.07, 6.45) is 4.66. The fraction of sp³-hybridized carbons (Fsp3) is 0.190. The van der Waals surface area contributed by atoms with Crippen LogP contribution >= 0.6 is 0 Å². The fourth-order valence-corrected chi connectivity index (χ4v) is 3.18. The van der Waals surface area contributed by atoms with Gasteiger partial charge in [0, 0.05) is 34.6 Å². The molecule has 2 aromatic heterocycles. The fourth-order valence-electron chi connectivity index (χ4n) is 3.18. The van der Waals surface area contributed by atoms with Crippen molar-refractivity contribution >= 4 is 21.8 Å². The van der Waals surface area contributed by atoms with E-state index in [0.29, 0.717) is 0 Å². The van der Waals surface area contributed by atoms with Crippen molar-refractivity contribution < 1.29 is 0 Å². The van der Waals surface area contributed by atoms with E-state index < -0.39 is 0 Å². The molecule has 4 rings (SSSR count). The summed E-state index contributed by atoms with van der Waals surface area (Å²) in [6, 6.07) is 21.2. The molecule has 0 unspecified atom stereocenters. The minimum atomic E-state index is 1.05. The van der Waals surface area contributed by atoms with E-state index >= 15 is 0 Å². The lowest BCUT2D eigenvalue weighted by Crippen LogP contribution is -1.94. The molecule has 0 aliphatic heterocycles. The first-order chi connectivity index (χ1) is 11.4. The average Bonchev–Trinajstić information content (AvgIpc) is 2.98. The monoisotopic (exact) mass is 300 g/mol. The molecule has 0 bridgehead atoms. The van der Waals surface area contributed by atoms with Crippen molar-refractivity contribution in [3.8, 4) is 11.3 Å². The predicted molar refractivity (Wildman–Crippen MR) is 97.6 cm³/mol. The van der Waals surface area contributed by atoms with E-state index in [-0.39, 0.29) is 0 Å². The molecule has 0 saturated carbocycles. The van der Waals surface area contributed by atoms with E-state index in [1.54, 1.807) is 0 Å². The number of unbranched alkanes of at least 4 members (excludes halogenated alkanes) is 1. The van der Waals surface area contributed by atoms with Crippen molar-refractivity contribution in [1.29, 1.82) is 0 Å². The molecule has 0 fully saturated rings. The Morgan fingerprint density at radius 3 is 2.65 bits per heavy atom. The minimum absolute atomic E-state index is 1.05. The first-order valence-corrected chi connectivity index (χ1v) is 8.31. The van der Waals surface area contributed by atoms with Gasteiger partial charge in [0.1, 0.15) is 0 Å². The standard InChI is InChI=1S/C21H20N2/c1-2-3-14-23-15-18(17-9-5-7-11-21(17)23)20-13-12-16-8-4-6-10-19(16)22-20/h4-13,15H,2-3,14H2,1H3. The van der Waals surface area contributed by atoms with Crippen LogP contribution in [-0.4, -0.2) is 9.55 Å². The number of para-hydroxylation sites is 2. The molecule has 2 aromatic carbocycles. The zero-order valence-electron chi connectivity index (χ0n) is 13.4. The summed E-state index contributed by atoms with van der Waals surface area (Å²) in [7, 11) is 0.